The summed E-state index contributed by atoms with van der Waals surface area (Å²) in [6, 6.07) is 23.0. The number of hydrogen-bond donors (Lipinski definition) is 0. The molecule has 14 heteroatoms. The summed E-state index contributed by atoms with van der Waals surface area (Å²) < 4.78 is 28.2. The van der Waals surface area contributed by atoms with Crippen molar-refractivity contribution in [1.29, 1.82) is 0 Å². The van der Waals surface area contributed by atoms with Crippen molar-refractivity contribution in [1.82, 2.24) is 39.1 Å². The zero-order valence-corrected chi connectivity index (χ0v) is 33.0. The van der Waals surface area contributed by atoms with Crippen LogP contribution in [0.2, 0.25) is 0 Å². The fourth-order valence-electron chi connectivity index (χ4n) is 5.68. The second-order valence-electron chi connectivity index (χ2n) is 14.6. The number of ether oxygens (including phenoxy) is 4. The molecule has 0 saturated heterocycles. The molecular formula is C40H48N8O6. The lowest BCUT2D eigenvalue weighted by molar-refractivity contribution is 0.0503. The molecule has 6 rings (SSSR count). The molecule has 0 amide bonds. The van der Waals surface area contributed by atoms with Crippen LogP contribution in [-0.2, 0) is 9.47 Å². The molecule has 54 heavy (non-hydrogen) atoms. The summed E-state index contributed by atoms with van der Waals surface area (Å²) in [6.07, 6.45) is -1.06. The van der Waals surface area contributed by atoms with Gasteiger partial charge in [-0.25, -0.2) is 19.0 Å². The highest BCUT2D eigenvalue weighted by molar-refractivity contribution is 5.81. The first kappa shape index (κ1) is 39.0. The largest absolute Gasteiger partial charge is 0.480 e. The van der Waals surface area contributed by atoms with Gasteiger partial charge in [-0.2, -0.15) is 29.8 Å². The number of carbonyl (C=O) groups excluding carboxylic acids is 2. The Labute approximate surface area is 315 Å². The van der Waals surface area contributed by atoms with Crippen LogP contribution in [0.15, 0.2) is 72.8 Å². The highest BCUT2D eigenvalue weighted by Crippen LogP contribution is 2.37. The number of nitrogens with zero attached hydrogens (tertiary/aromatic N) is 8. The SMILES string of the molecule is COc1c(-c2cc(C)n(C(=O)OC(C)(C)C)n2)c(C)nn1-c1ccccc1.COc1c(-c2cc(C)nn2C(=O)OC(C)(C)C)c(C)nn1-c1ccccc1. The van der Waals surface area contributed by atoms with Gasteiger partial charge in [0.1, 0.15) is 16.9 Å². The minimum atomic E-state index is -0.623. The van der Waals surface area contributed by atoms with Crippen molar-refractivity contribution >= 4 is 12.2 Å². The molecule has 0 aliphatic heterocycles. The van der Waals surface area contributed by atoms with Gasteiger partial charge in [0, 0.05) is 5.69 Å². The lowest BCUT2D eigenvalue weighted by Gasteiger charge is -2.19. The lowest BCUT2D eigenvalue weighted by atomic mass is 10.1. The van der Waals surface area contributed by atoms with Gasteiger partial charge in [0.15, 0.2) is 0 Å². The fourth-order valence-corrected chi connectivity index (χ4v) is 5.68. The van der Waals surface area contributed by atoms with Crippen molar-refractivity contribution in [3.8, 4) is 45.6 Å². The third-order valence-electron chi connectivity index (χ3n) is 7.79. The van der Waals surface area contributed by atoms with Crippen LogP contribution in [0.25, 0.3) is 33.9 Å². The van der Waals surface area contributed by atoms with Gasteiger partial charge in [-0.1, -0.05) is 36.4 Å². The number of rotatable bonds is 6. The Morgan fingerprint density at radius 2 is 1.02 bits per heavy atom. The van der Waals surface area contributed by atoms with Gasteiger partial charge in [0.25, 0.3) is 0 Å². The van der Waals surface area contributed by atoms with Crippen LogP contribution in [0.4, 0.5) is 9.59 Å². The van der Waals surface area contributed by atoms with E-state index in [1.54, 1.807) is 23.6 Å². The number of aryl methyl sites for hydroxylation is 4. The van der Waals surface area contributed by atoms with Crippen LogP contribution >= 0.6 is 0 Å². The number of benzene rings is 2. The molecule has 0 aliphatic carbocycles. The summed E-state index contributed by atoms with van der Waals surface area (Å²) in [4.78, 5) is 25.1. The molecule has 0 N–H and O–H groups in total. The Bertz CT molecular complexity index is 2250. The maximum atomic E-state index is 12.7. The van der Waals surface area contributed by atoms with Gasteiger partial charge >= 0.3 is 12.2 Å². The summed E-state index contributed by atoms with van der Waals surface area (Å²) in [6.45, 7) is 18.3. The minimum Gasteiger partial charge on any atom is -0.480 e. The first-order valence-electron chi connectivity index (χ1n) is 17.4. The van der Waals surface area contributed by atoms with E-state index in [1.807, 2.05) is 142 Å². The van der Waals surface area contributed by atoms with Crippen molar-refractivity contribution in [2.24, 2.45) is 0 Å². The first-order chi connectivity index (χ1) is 25.4. The molecule has 0 radical (unpaired) electrons. The summed E-state index contributed by atoms with van der Waals surface area (Å²) in [5, 5.41) is 18.0. The van der Waals surface area contributed by atoms with E-state index < -0.39 is 23.4 Å². The van der Waals surface area contributed by atoms with E-state index in [-0.39, 0.29) is 0 Å². The van der Waals surface area contributed by atoms with Crippen molar-refractivity contribution in [2.45, 2.75) is 80.4 Å². The molecule has 0 unspecified atom stereocenters. The minimum absolute atomic E-state index is 0.515. The molecule has 0 fully saturated rings. The number of carbonyl (C=O) groups is 2. The zero-order valence-electron chi connectivity index (χ0n) is 33.0. The van der Waals surface area contributed by atoms with Crippen molar-refractivity contribution < 1.29 is 28.5 Å². The van der Waals surface area contributed by atoms with Crippen LogP contribution in [0.5, 0.6) is 11.8 Å². The standard InChI is InChI=1S/2C20H24N4O3/c1-13-12-16(22-23(13)19(25)27-20(3,4)5)17-14(2)21-24(18(17)26-6)15-10-8-7-9-11-15;1-13-12-16(24(21-13)19(25)27-20(3,4)5)17-14(2)22-23(18(17)26-6)15-10-8-7-9-11-15/h2*7-12H,1-6H3. The molecule has 14 nitrogen and oxygen atoms in total. The van der Waals surface area contributed by atoms with Gasteiger partial charge in [-0.05, 0) is 106 Å². The highest BCUT2D eigenvalue weighted by Gasteiger charge is 2.28. The van der Waals surface area contributed by atoms with E-state index in [2.05, 4.69) is 20.4 Å². The number of para-hydroxylation sites is 2. The number of hydrogen-bond acceptors (Lipinski definition) is 10. The normalized spacial score (nSPS) is 11.5. The van der Waals surface area contributed by atoms with Gasteiger partial charge in [0.2, 0.25) is 11.8 Å². The van der Waals surface area contributed by atoms with E-state index >= 15 is 0 Å². The van der Waals surface area contributed by atoms with Gasteiger partial charge in [0.05, 0.1) is 59.5 Å². The molecule has 0 bridgehead atoms. The Hall–Kier alpha value is -6.18. The van der Waals surface area contributed by atoms with Crippen LogP contribution in [0.3, 0.4) is 0 Å². The molecule has 0 aliphatic rings. The lowest BCUT2D eigenvalue weighted by Crippen LogP contribution is -2.28. The van der Waals surface area contributed by atoms with E-state index in [1.165, 1.54) is 9.36 Å². The second-order valence-corrected chi connectivity index (χ2v) is 14.6. The number of aromatic nitrogens is 8. The second kappa shape index (κ2) is 15.4. The van der Waals surface area contributed by atoms with E-state index in [9.17, 15) is 9.59 Å². The van der Waals surface area contributed by atoms with Crippen LogP contribution in [0, 0.1) is 27.7 Å². The smallest absolute Gasteiger partial charge is 0.435 e. The Balaban J connectivity index is 0.000000208. The predicted molar refractivity (Wildman–Crippen MR) is 205 cm³/mol. The summed E-state index contributed by atoms with van der Waals surface area (Å²) >= 11 is 0. The Morgan fingerprint density at radius 3 is 1.48 bits per heavy atom. The summed E-state index contributed by atoms with van der Waals surface area (Å²) in [7, 11) is 3.18. The summed E-state index contributed by atoms with van der Waals surface area (Å²) in [5.41, 5.74) is 6.01. The fraction of sp³-hybridized carbons (Fsp3) is 0.350. The van der Waals surface area contributed by atoms with Gasteiger partial charge in [-0.3, -0.25) is 0 Å². The van der Waals surface area contributed by atoms with Crippen molar-refractivity contribution in [2.75, 3.05) is 14.2 Å². The highest BCUT2D eigenvalue weighted by atomic mass is 16.6. The van der Waals surface area contributed by atoms with Crippen molar-refractivity contribution in [3.63, 3.8) is 0 Å². The molecule has 6 aromatic rings. The Kier molecular flexibility index (Phi) is 11.2. The molecule has 0 saturated carbocycles. The topological polar surface area (TPSA) is 142 Å². The quantitative estimate of drug-likeness (QED) is 0.164. The molecule has 0 spiro atoms. The average molecular weight is 737 g/mol. The zero-order chi connectivity index (χ0) is 39.5. The van der Waals surface area contributed by atoms with Crippen molar-refractivity contribution in [3.05, 3.63) is 95.6 Å². The maximum absolute atomic E-state index is 12.7. The van der Waals surface area contributed by atoms with E-state index in [0.717, 1.165) is 28.3 Å². The van der Waals surface area contributed by atoms with E-state index in [0.29, 0.717) is 40.1 Å². The monoisotopic (exact) mass is 736 g/mol. The van der Waals surface area contributed by atoms with Crippen LogP contribution < -0.4 is 9.47 Å². The molecule has 0 atom stereocenters. The summed E-state index contributed by atoms with van der Waals surface area (Å²) in [5.74, 6) is 1.09. The number of methoxy groups -OCH3 is 2. The Morgan fingerprint density at radius 1 is 0.574 bits per heavy atom. The predicted octanol–water partition coefficient (Wildman–Crippen LogP) is 8.29. The molecule has 4 aromatic heterocycles. The first-order valence-corrected chi connectivity index (χ1v) is 17.4. The molecular weight excluding hydrogens is 688 g/mol. The molecule has 4 heterocycles. The van der Waals surface area contributed by atoms with E-state index in [4.69, 9.17) is 18.9 Å². The van der Waals surface area contributed by atoms with Gasteiger partial charge in [-0.15, -0.1) is 0 Å². The third kappa shape index (κ3) is 8.54. The van der Waals surface area contributed by atoms with Crippen LogP contribution in [0.1, 0.15) is 64.3 Å². The van der Waals surface area contributed by atoms with Crippen LogP contribution in [-0.4, -0.2) is 76.7 Å². The average Bonchev–Trinajstić information content (AvgIpc) is 3.86. The molecule has 2 aromatic carbocycles. The van der Waals surface area contributed by atoms with Gasteiger partial charge < -0.3 is 18.9 Å². The maximum Gasteiger partial charge on any atom is 0.435 e. The third-order valence-corrected chi connectivity index (χ3v) is 7.79. The molecule has 284 valence electrons.